The van der Waals surface area contributed by atoms with Gasteiger partial charge in [-0.05, 0) is 43.7 Å². The van der Waals surface area contributed by atoms with E-state index in [2.05, 4.69) is 16.0 Å². The fourth-order valence-corrected chi connectivity index (χ4v) is 3.11. The summed E-state index contributed by atoms with van der Waals surface area (Å²) in [5.74, 6) is 0.569. The highest BCUT2D eigenvalue weighted by atomic mass is 35.5. The lowest BCUT2D eigenvalue weighted by Crippen LogP contribution is -2.49. The first-order chi connectivity index (χ1) is 13.0. The third kappa shape index (κ3) is 4.63. The predicted octanol–water partition coefficient (Wildman–Crippen LogP) is 3.06. The van der Waals surface area contributed by atoms with Crippen molar-refractivity contribution in [1.82, 2.24) is 14.9 Å². The number of anilines is 1. The molecule has 1 aliphatic rings. The fourth-order valence-electron chi connectivity index (χ4n) is 2.98. The summed E-state index contributed by atoms with van der Waals surface area (Å²) in [6, 6.07) is 11.1. The van der Waals surface area contributed by atoms with E-state index in [0.29, 0.717) is 48.4 Å². The fraction of sp³-hybridized carbons (Fsp3) is 0.300. The molecule has 2 heterocycles. The molecular formula is C20H20ClN5O. The van der Waals surface area contributed by atoms with Gasteiger partial charge in [-0.3, -0.25) is 4.79 Å². The highest BCUT2D eigenvalue weighted by molar-refractivity contribution is 6.30. The molecule has 0 spiro atoms. The highest BCUT2D eigenvalue weighted by Crippen LogP contribution is 2.16. The third-order valence-corrected chi connectivity index (χ3v) is 4.65. The Morgan fingerprint density at radius 3 is 2.48 bits per heavy atom. The molecule has 27 heavy (non-hydrogen) atoms. The van der Waals surface area contributed by atoms with Crippen molar-refractivity contribution in [3.8, 4) is 6.07 Å². The van der Waals surface area contributed by atoms with Crippen molar-refractivity contribution >= 4 is 29.5 Å². The van der Waals surface area contributed by atoms with E-state index in [0.717, 1.165) is 11.3 Å². The van der Waals surface area contributed by atoms with Gasteiger partial charge >= 0.3 is 0 Å². The maximum Gasteiger partial charge on any atom is 0.249 e. The second kappa shape index (κ2) is 8.19. The standard InChI is InChI=1S/C20H20ClN5O/c1-14(11-16-3-5-17(21)6-4-16)19(27)25-7-9-26(10-8-25)20-23-15(2)12-18(13-22)24-20/h3-6,11-12H,7-10H2,1-2H3/b14-11+. The number of benzene rings is 1. The number of aryl methyl sites for hydroxylation is 1. The average molecular weight is 382 g/mol. The van der Waals surface area contributed by atoms with Gasteiger partial charge in [0.15, 0.2) is 0 Å². The maximum absolute atomic E-state index is 12.7. The van der Waals surface area contributed by atoms with Crippen LogP contribution in [0, 0.1) is 18.3 Å². The van der Waals surface area contributed by atoms with Crippen LogP contribution in [0.4, 0.5) is 5.95 Å². The van der Waals surface area contributed by atoms with Crippen LogP contribution in [-0.4, -0.2) is 47.0 Å². The van der Waals surface area contributed by atoms with E-state index in [1.807, 2.05) is 41.9 Å². The number of piperazine rings is 1. The molecule has 0 N–H and O–H groups in total. The molecular weight excluding hydrogens is 362 g/mol. The van der Waals surface area contributed by atoms with Crippen LogP contribution in [0.25, 0.3) is 6.08 Å². The molecule has 0 bridgehead atoms. The monoisotopic (exact) mass is 381 g/mol. The maximum atomic E-state index is 12.7. The molecule has 1 aliphatic heterocycles. The Morgan fingerprint density at radius 1 is 1.19 bits per heavy atom. The van der Waals surface area contributed by atoms with Gasteiger partial charge in [0, 0.05) is 42.5 Å². The molecule has 0 saturated carbocycles. The summed E-state index contributed by atoms with van der Waals surface area (Å²) in [5.41, 5.74) is 2.75. The van der Waals surface area contributed by atoms with Gasteiger partial charge in [-0.2, -0.15) is 5.26 Å². The zero-order chi connectivity index (χ0) is 19.4. The van der Waals surface area contributed by atoms with Crippen LogP contribution in [-0.2, 0) is 4.79 Å². The molecule has 2 aromatic rings. The van der Waals surface area contributed by atoms with Crippen LogP contribution in [0.5, 0.6) is 0 Å². The Kier molecular flexibility index (Phi) is 5.72. The number of hydrogen-bond donors (Lipinski definition) is 0. The summed E-state index contributed by atoms with van der Waals surface area (Å²) in [6.45, 7) is 6.11. The first-order valence-corrected chi connectivity index (χ1v) is 9.08. The molecule has 0 atom stereocenters. The van der Waals surface area contributed by atoms with E-state index in [9.17, 15) is 4.79 Å². The van der Waals surface area contributed by atoms with E-state index >= 15 is 0 Å². The summed E-state index contributed by atoms with van der Waals surface area (Å²) in [6.07, 6.45) is 1.87. The van der Waals surface area contributed by atoms with Gasteiger partial charge in [-0.25, -0.2) is 9.97 Å². The smallest absolute Gasteiger partial charge is 0.249 e. The minimum Gasteiger partial charge on any atom is -0.337 e. The van der Waals surface area contributed by atoms with E-state index in [1.165, 1.54) is 0 Å². The molecule has 1 aromatic carbocycles. The van der Waals surface area contributed by atoms with Gasteiger partial charge in [0.05, 0.1) is 0 Å². The van der Waals surface area contributed by atoms with Crippen LogP contribution < -0.4 is 4.90 Å². The van der Waals surface area contributed by atoms with Crippen LogP contribution in [0.1, 0.15) is 23.9 Å². The van der Waals surface area contributed by atoms with Gasteiger partial charge in [0.1, 0.15) is 11.8 Å². The molecule has 6 nitrogen and oxygen atoms in total. The molecule has 1 saturated heterocycles. The number of halogens is 1. The van der Waals surface area contributed by atoms with Crippen LogP contribution in [0.3, 0.4) is 0 Å². The van der Waals surface area contributed by atoms with Crippen LogP contribution in [0.2, 0.25) is 5.02 Å². The Labute approximate surface area is 163 Å². The van der Waals surface area contributed by atoms with Crippen LogP contribution in [0.15, 0.2) is 35.9 Å². The number of amides is 1. The van der Waals surface area contributed by atoms with Gasteiger partial charge in [0.25, 0.3) is 0 Å². The number of hydrogen-bond acceptors (Lipinski definition) is 5. The number of nitriles is 1. The Balaban J connectivity index is 1.65. The summed E-state index contributed by atoms with van der Waals surface area (Å²) in [7, 11) is 0. The first-order valence-electron chi connectivity index (χ1n) is 8.70. The highest BCUT2D eigenvalue weighted by Gasteiger charge is 2.23. The SMILES string of the molecule is C/C(=C\c1ccc(Cl)cc1)C(=O)N1CCN(c2nc(C)cc(C#N)n2)CC1. The van der Waals surface area contributed by atoms with Crippen molar-refractivity contribution in [3.05, 3.63) is 57.9 Å². The summed E-state index contributed by atoms with van der Waals surface area (Å²) < 4.78 is 0. The quantitative estimate of drug-likeness (QED) is 0.764. The molecule has 0 unspecified atom stereocenters. The van der Waals surface area contributed by atoms with E-state index in [4.69, 9.17) is 16.9 Å². The van der Waals surface area contributed by atoms with Crippen molar-refractivity contribution in [1.29, 1.82) is 5.26 Å². The number of nitrogens with zero attached hydrogens (tertiary/aromatic N) is 5. The molecule has 1 aromatic heterocycles. The van der Waals surface area contributed by atoms with Crippen molar-refractivity contribution in [2.24, 2.45) is 0 Å². The Hall–Kier alpha value is -2.91. The van der Waals surface area contributed by atoms with Crippen molar-refractivity contribution in [2.75, 3.05) is 31.1 Å². The second-order valence-electron chi connectivity index (χ2n) is 6.46. The topological polar surface area (TPSA) is 73.1 Å². The molecule has 138 valence electrons. The lowest BCUT2D eigenvalue weighted by molar-refractivity contribution is -0.127. The zero-order valence-corrected chi connectivity index (χ0v) is 16.1. The minimum atomic E-state index is 0.0208. The van der Waals surface area contributed by atoms with Crippen molar-refractivity contribution in [3.63, 3.8) is 0 Å². The Morgan fingerprint density at radius 2 is 1.85 bits per heavy atom. The summed E-state index contributed by atoms with van der Waals surface area (Å²) in [4.78, 5) is 25.2. The van der Waals surface area contributed by atoms with Gasteiger partial charge in [0.2, 0.25) is 11.9 Å². The lowest BCUT2D eigenvalue weighted by Gasteiger charge is -2.35. The number of carbonyl (C=O) groups excluding carboxylic acids is 1. The molecule has 7 heteroatoms. The number of carbonyl (C=O) groups is 1. The van der Waals surface area contributed by atoms with E-state index < -0.39 is 0 Å². The number of rotatable bonds is 3. The normalized spacial score (nSPS) is 14.8. The predicted molar refractivity (Wildman–Crippen MR) is 105 cm³/mol. The molecule has 3 rings (SSSR count). The number of aromatic nitrogens is 2. The lowest BCUT2D eigenvalue weighted by atomic mass is 10.1. The van der Waals surface area contributed by atoms with Gasteiger partial charge < -0.3 is 9.80 Å². The third-order valence-electron chi connectivity index (χ3n) is 4.40. The molecule has 1 amide bonds. The Bertz CT molecular complexity index is 909. The van der Waals surface area contributed by atoms with Crippen molar-refractivity contribution in [2.45, 2.75) is 13.8 Å². The first kappa shape index (κ1) is 18.9. The van der Waals surface area contributed by atoms with Crippen molar-refractivity contribution < 1.29 is 4.79 Å². The van der Waals surface area contributed by atoms with Gasteiger partial charge in [-0.1, -0.05) is 23.7 Å². The van der Waals surface area contributed by atoms with Crippen LogP contribution >= 0.6 is 11.6 Å². The van der Waals surface area contributed by atoms with E-state index in [-0.39, 0.29) is 5.91 Å². The van der Waals surface area contributed by atoms with Gasteiger partial charge in [-0.15, -0.1) is 0 Å². The summed E-state index contributed by atoms with van der Waals surface area (Å²) in [5, 5.41) is 9.74. The largest absolute Gasteiger partial charge is 0.337 e. The minimum absolute atomic E-state index is 0.0208. The second-order valence-corrected chi connectivity index (χ2v) is 6.90. The molecule has 1 fully saturated rings. The summed E-state index contributed by atoms with van der Waals surface area (Å²) >= 11 is 5.90. The molecule has 0 aliphatic carbocycles. The zero-order valence-electron chi connectivity index (χ0n) is 15.3. The van der Waals surface area contributed by atoms with E-state index in [1.54, 1.807) is 18.2 Å². The average Bonchev–Trinajstić information content (AvgIpc) is 2.68. The molecule has 0 radical (unpaired) electrons.